The van der Waals surface area contributed by atoms with E-state index >= 15 is 0 Å². The average Bonchev–Trinajstić information content (AvgIpc) is 3.08. The molecule has 38 heavy (non-hydrogen) atoms. The van der Waals surface area contributed by atoms with Crippen LogP contribution in [0.1, 0.15) is 36.8 Å². The van der Waals surface area contributed by atoms with Crippen LogP contribution in [0.25, 0.3) is 6.08 Å². The van der Waals surface area contributed by atoms with Crippen LogP contribution in [0.2, 0.25) is 0 Å². The number of hydrogen-bond donors (Lipinski definition) is 0. The molecule has 12 heteroatoms. The van der Waals surface area contributed by atoms with Crippen LogP contribution in [0, 0.1) is 10.1 Å². The summed E-state index contributed by atoms with van der Waals surface area (Å²) in [5, 5.41) is 10.5. The lowest BCUT2D eigenvalue weighted by Crippen LogP contribution is -2.42. The monoisotopic (exact) mass is 603 g/mol. The third-order valence-corrected chi connectivity index (χ3v) is 7.68. The molecule has 2 heterocycles. The molecule has 0 radical (unpaired) electrons. The number of nitrogens with zero attached hydrogens (tertiary/aromatic N) is 3. The van der Waals surface area contributed by atoms with Crippen molar-refractivity contribution < 1.29 is 28.8 Å². The fraction of sp³-hybridized carbons (Fsp3) is 0.346. The molecule has 10 nitrogen and oxygen atoms in total. The SMILES string of the molecule is COc1cc(C=C2SC(=O)N(CC(=O)N3CCCCCC3)C2=O)cc(Br)c1OCc1cccc([N+](=O)[O-])c1. The smallest absolute Gasteiger partial charge is 0.294 e. The second-order valence-corrected chi connectivity index (χ2v) is 10.7. The molecular weight excluding hydrogens is 578 g/mol. The fourth-order valence-electron chi connectivity index (χ4n) is 4.22. The summed E-state index contributed by atoms with van der Waals surface area (Å²) in [5.74, 6) is 0.0216. The molecule has 4 rings (SSSR count). The number of imide groups is 1. The van der Waals surface area contributed by atoms with Gasteiger partial charge in [0.25, 0.3) is 16.8 Å². The number of carbonyl (C=O) groups is 3. The van der Waals surface area contributed by atoms with Crippen LogP contribution in [-0.2, 0) is 16.2 Å². The second-order valence-electron chi connectivity index (χ2n) is 8.81. The lowest BCUT2D eigenvalue weighted by Gasteiger charge is -2.22. The zero-order chi connectivity index (χ0) is 27.2. The summed E-state index contributed by atoms with van der Waals surface area (Å²) in [7, 11) is 1.47. The van der Waals surface area contributed by atoms with E-state index in [1.54, 1.807) is 35.2 Å². The topological polar surface area (TPSA) is 119 Å². The molecule has 0 bridgehead atoms. The molecule has 0 atom stereocenters. The molecule has 0 aromatic heterocycles. The second kappa shape index (κ2) is 12.4. The summed E-state index contributed by atoms with van der Waals surface area (Å²) in [6.07, 6.45) is 5.57. The molecule has 2 saturated heterocycles. The maximum atomic E-state index is 13.0. The van der Waals surface area contributed by atoms with Crippen molar-refractivity contribution in [3.63, 3.8) is 0 Å². The van der Waals surface area contributed by atoms with E-state index in [2.05, 4.69) is 15.9 Å². The van der Waals surface area contributed by atoms with E-state index in [0.29, 0.717) is 40.2 Å². The molecule has 2 fully saturated rings. The predicted molar refractivity (Wildman–Crippen MR) is 146 cm³/mol. The summed E-state index contributed by atoms with van der Waals surface area (Å²) >= 11 is 4.25. The van der Waals surface area contributed by atoms with Gasteiger partial charge in [0.15, 0.2) is 11.5 Å². The fourth-order valence-corrected chi connectivity index (χ4v) is 5.63. The molecule has 2 aliphatic rings. The number of likely N-dealkylation sites (tertiary alicyclic amines) is 1. The Morgan fingerprint density at radius 1 is 1.16 bits per heavy atom. The van der Waals surface area contributed by atoms with Gasteiger partial charge in [-0.15, -0.1) is 0 Å². The van der Waals surface area contributed by atoms with Crippen LogP contribution < -0.4 is 9.47 Å². The first kappa shape index (κ1) is 27.6. The Labute approximate surface area is 232 Å². The van der Waals surface area contributed by atoms with Crippen LogP contribution in [0.3, 0.4) is 0 Å². The molecule has 0 unspecified atom stereocenters. The first-order valence-corrected chi connectivity index (χ1v) is 13.6. The van der Waals surface area contributed by atoms with E-state index in [4.69, 9.17) is 9.47 Å². The van der Waals surface area contributed by atoms with Crippen LogP contribution in [-0.4, -0.2) is 58.5 Å². The first-order valence-electron chi connectivity index (χ1n) is 12.0. The summed E-state index contributed by atoms with van der Waals surface area (Å²) in [6.45, 7) is 1.10. The highest BCUT2D eigenvalue weighted by Crippen LogP contribution is 2.39. The predicted octanol–water partition coefficient (Wildman–Crippen LogP) is 5.38. The molecule has 0 saturated carbocycles. The average molecular weight is 604 g/mol. The Morgan fingerprint density at radius 3 is 2.58 bits per heavy atom. The molecular formula is C26H26BrN3O7S. The van der Waals surface area contributed by atoms with Crippen LogP contribution in [0.15, 0.2) is 45.8 Å². The lowest BCUT2D eigenvalue weighted by molar-refractivity contribution is -0.384. The minimum absolute atomic E-state index is 0.0328. The third-order valence-electron chi connectivity index (χ3n) is 6.18. The van der Waals surface area contributed by atoms with Gasteiger partial charge >= 0.3 is 0 Å². The largest absolute Gasteiger partial charge is 0.493 e. The minimum atomic E-state index is -0.510. The van der Waals surface area contributed by atoms with Gasteiger partial charge in [-0.05, 0) is 69.9 Å². The zero-order valence-corrected chi connectivity index (χ0v) is 23.1. The number of methoxy groups -OCH3 is 1. The zero-order valence-electron chi connectivity index (χ0n) is 20.7. The summed E-state index contributed by atoms with van der Waals surface area (Å²) in [4.78, 5) is 51.7. The summed E-state index contributed by atoms with van der Waals surface area (Å²) < 4.78 is 11.9. The van der Waals surface area contributed by atoms with Gasteiger partial charge in [-0.3, -0.25) is 29.4 Å². The van der Waals surface area contributed by atoms with Crippen molar-refractivity contribution >= 4 is 56.5 Å². The van der Waals surface area contributed by atoms with Crippen molar-refractivity contribution in [1.29, 1.82) is 0 Å². The number of thioether (sulfide) groups is 1. The summed E-state index contributed by atoms with van der Waals surface area (Å²) in [6, 6.07) is 9.51. The van der Waals surface area contributed by atoms with Gasteiger partial charge in [-0.25, -0.2) is 0 Å². The van der Waals surface area contributed by atoms with E-state index in [1.807, 2.05) is 0 Å². The Bertz CT molecular complexity index is 1290. The number of hydrogen-bond acceptors (Lipinski definition) is 8. The number of rotatable bonds is 8. The van der Waals surface area contributed by atoms with Gasteiger partial charge in [-0.2, -0.15) is 0 Å². The number of halogens is 1. The van der Waals surface area contributed by atoms with Crippen molar-refractivity contribution in [2.45, 2.75) is 32.3 Å². The van der Waals surface area contributed by atoms with Crippen LogP contribution in [0.5, 0.6) is 11.5 Å². The number of nitro benzene ring substituents is 1. The van der Waals surface area contributed by atoms with Crippen molar-refractivity contribution in [2.24, 2.45) is 0 Å². The van der Waals surface area contributed by atoms with Gasteiger partial charge in [0, 0.05) is 25.2 Å². The molecule has 0 spiro atoms. The normalized spacial score (nSPS) is 17.1. The molecule has 0 N–H and O–H groups in total. The number of nitro groups is 1. The lowest BCUT2D eigenvalue weighted by atomic mass is 10.1. The van der Waals surface area contributed by atoms with Crippen molar-refractivity contribution in [3.8, 4) is 11.5 Å². The van der Waals surface area contributed by atoms with Crippen molar-refractivity contribution in [1.82, 2.24) is 9.80 Å². The van der Waals surface area contributed by atoms with E-state index in [0.717, 1.165) is 42.3 Å². The molecule has 2 aromatic rings. The van der Waals surface area contributed by atoms with Gasteiger partial charge in [0.2, 0.25) is 5.91 Å². The molecule has 2 aromatic carbocycles. The van der Waals surface area contributed by atoms with Crippen molar-refractivity contribution in [3.05, 3.63) is 67.0 Å². The molecule has 200 valence electrons. The quantitative estimate of drug-likeness (QED) is 0.224. The maximum absolute atomic E-state index is 13.0. The minimum Gasteiger partial charge on any atom is -0.493 e. The number of amides is 3. The Balaban J connectivity index is 1.47. The summed E-state index contributed by atoms with van der Waals surface area (Å²) in [5.41, 5.74) is 1.16. The van der Waals surface area contributed by atoms with E-state index in [1.165, 1.54) is 19.2 Å². The first-order chi connectivity index (χ1) is 18.3. The van der Waals surface area contributed by atoms with Gasteiger partial charge < -0.3 is 14.4 Å². The Hall–Kier alpha value is -3.38. The Morgan fingerprint density at radius 2 is 1.89 bits per heavy atom. The highest BCUT2D eigenvalue weighted by Gasteiger charge is 2.37. The van der Waals surface area contributed by atoms with Gasteiger partial charge in [0.05, 0.1) is 21.4 Å². The molecule has 2 aliphatic heterocycles. The Kier molecular flexibility index (Phi) is 9.05. The highest BCUT2D eigenvalue weighted by molar-refractivity contribution is 9.10. The third kappa shape index (κ3) is 6.54. The number of non-ortho nitro benzene ring substituents is 1. The van der Waals surface area contributed by atoms with E-state index < -0.39 is 16.1 Å². The number of benzene rings is 2. The maximum Gasteiger partial charge on any atom is 0.294 e. The van der Waals surface area contributed by atoms with Gasteiger partial charge in [0.1, 0.15) is 13.2 Å². The van der Waals surface area contributed by atoms with E-state index in [9.17, 15) is 24.5 Å². The van der Waals surface area contributed by atoms with Gasteiger partial charge in [-0.1, -0.05) is 25.0 Å². The van der Waals surface area contributed by atoms with Crippen LogP contribution in [0.4, 0.5) is 10.5 Å². The molecule has 3 amide bonds. The molecule has 0 aliphatic carbocycles. The van der Waals surface area contributed by atoms with Crippen molar-refractivity contribution in [2.75, 3.05) is 26.7 Å². The number of ether oxygens (including phenoxy) is 2. The van der Waals surface area contributed by atoms with E-state index in [-0.39, 0.29) is 29.7 Å². The standard InChI is InChI=1S/C26H26BrN3O7S/c1-36-21-13-18(12-20(27)24(21)37-16-17-7-6-8-19(11-17)30(34)35)14-22-25(32)29(26(33)38-22)15-23(31)28-9-4-2-3-5-10-28/h6-8,11-14H,2-5,9-10,15-16H2,1H3. The highest BCUT2D eigenvalue weighted by atomic mass is 79.9. The van der Waals surface area contributed by atoms with Crippen LogP contribution >= 0.6 is 27.7 Å². The number of carbonyl (C=O) groups excluding carboxylic acids is 3.